The van der Waals surface area contributed by atoms with E-state index >= 15 is 0 Å². The number of carbonyl (C=O) groups excluding carboxylic acids is 1. The second kappa shape index (κ2) is 6.80. The van der Waals surface area contributed by atoms with Gasteiger partial charge in [-0.3, -0.25) is 9.48 Å². The summed E-state index contributed by atoms with van der Waals surface area (Å²) in [6, 6.07) is 9.44. The minimum absolute atomic E-state index is 0.00353. The highest BCUT2D eigenvalue weighted by Crippen LogP contribution is 2.25. The first-order valence-electron chi connectivity index (χ1n) is 8.18. The number of aryl methyl sites for hydroxylation is 1. The van der Waals surface area contributed by atoms with Crippen molar-refractivity contribution in [2.75, 3.05) is 20.2 Å². The third kappa shape index (κ3) is 3.15. The Hall–Kier alpha value is -2.87. The van der Waals surface area contributed by atoms with Crippen molar-refractivity contribution < 1.29 is 14.3 Å². The van der Waals surface area contributed by atoms with Gasteiger partial charge in [0.25, 0.3) is 11.1 Å². The number of hydrogen-bond donors (Lipinski definition) is 0. The van der Waals surface area contributed by atoms with Gasteiger partial charge in [0.15, 0.2) is 0 Å². The molecule has 1 aromatic carbocycles. The van der Waals surface area contributed by atoms with Crippen molar-refractivity contribution in [3.05, 3.63) is 47.6 Å². The fourth-order valence-corrected chi connectivity index (χ4v) is 3.39. The lowest BCUT2D eigenvalue weighted by atomic mass is 10.1. The molecule has 4 rings (SSSR count). The number of carbonyl (C=O) groups is 1. The summed E-state index contributed by atoms with van der Waals surface area (Å²) in [7, 11) is 3.40. The normalized spacial score (nSPS) is 14.2. The summed E-state index contributed by atoms with van der Waals surface area (Å²) in [5.74, 6) is 0.707. The Balaban J connectivity index is 1.45. The zero-order valence-corrected chi connectivity index (χ0v) is 15.3. The summed E-state index contributed by atoms with van der Waals surface area (Å²) in [5.41, 5.74) is 2.20. The zero-order valence-electron chi connectivity index (χ0n) is 14.5. The highest BCUT2D eigenvalue weighted by atomic mass is 32.1. The molecule has 7 nitrogen and oxygen atoms in total. The SMILES string of the molecule is COc1cccc(-c2cc(C(=O)N3CC(Oc4nccs4)C3)n(C)n2)c1. The van der Waals surface area contributed by atoms with Crippen LogP contribution in [0.3, 0.4) is 0 Å². The molecule has 1 fully saturated rings. The Morgan fingerprint density at radius 2 is 2.15 bits per heavy atom. The lowest BCUT2D eigenvalue weighted by Gasteiger charge is -2.38. The van der Waals surface area contributed by atoms with Gasteiger partial charge in [-0.1, -0.05) is 23.5 Å². The van der Waals surface area contributed by atoms with E-state index in [2.05, 4.69) is 10.1 Å². The van der Waals surface area contributed by atoms with Gasteiger partial charge in [0, 0.05) is 24.2 Å². The summed E-state index contributed by atoms with van der Waals surface area (Å²) in [5, 5.41) is 6.98. The predicted octanol–water partition coefficient (Wildman–Crippen LogP) is 2.46. The Morgan fingerprint density at radius 1 is 1.31 bits per heavy atom. The second-order valence-electron chi connectivity index (χ2n) is 6.02. The van der Waals surface area contributed by atoms with Gasteiger partial charge >= 0.3 is 0 Å². The van der Waals surface area contributed by atoms with Crippen LogP contribution >= 0.6 is 11.3 Å². The van der Waals surface area contributed by atoms with Crippen molar-refractivity contribution >= 4 is 17.2 Å². The van der Waals surface area contributed by atoms with E-state index in [1.54, 1.807) is 29.9 Å². The molecular formula is C18H18N4O3S. The van der Waals surface area contributed by atoms with E-state index in [0.29, 0.717) is 24.0 Å². The Labute approximate surface area is 154 Å². The van der Waals surface area contributed by atoms with Crippen molar-refractivity contribution in [3.8, 4) is 22.2 Å². The summed E-state index contributed by atoms with van der Waals surface area (Å²) in [6.45, 7) is 1.11. The molecule has 0 spiro atoms. The lowest BCUT2D eigenvalue weighted by molar-refractivity contribution is 0.0169. The average molecular weight is 370 g/mol. The third-order valence-corrected chi connectivity index (χ3v) is 4.94. The summed E-state index contributed by atoms with van der Waals surface area (Å²) < 4.78 is 12.6. The second-order valence-corrected chi connectivity index (χ2v) is 6.88. The highest BCUT2D eigenvalue weighted by molar-refractivity contribution is 7.11. The maximum atomic E-state index is 12.7. The van der Waals surface area contributed by atoms with Crippen LogP contribution in [0.15, 0.2) is 41.9 Å². The molecule has 1 saturated heterocycles. The highest BCUT2D eigenvalue weighted by Gasteiger charge is 2.34. The fourth-order valence-electron chi connectivity index (χ4n) is 2.84. The van der Waals surface area contributed by atoms with Crippen LogP contribution in [0.25, 0.3) is 11.3 Å². The van der Waals surface area contributed by atoms with Gasteiger partial charge in [-0.05, 0) is 18.2 Å². The smallest absolute Gasteiger partial charge is 0.273 e. The van der Waals surface area contributed by atoms with E-state index in [4.69, 9.17) is 9.47 Å². The summed E-state index contributed by atoms with van der Waals surface area (Å²) in [6.07, 6.45) is 1.70. The van der Waals surface area contributed by atoms with Gasteiger partial charge < -0.3 is 14.4 Å². The number of likely N-dealkylation sites (tertiary alicyclic amines) is 1. The van der Waals surface area contributed by atoms with Crippen LogP contribution in [-0.2, 0) is 7.05 Å². The quantitative estimate of drug-likeness (QED) is 0.690. The number of benzene rings is 1. The minimum Gasteiger partial charge on any atom is -0.497 e. The molecule has 0 unspecified atom stereocenters. The van der Waals surface area contributed by atoms with Crippen LogP contribution in [0.5, 0.6) is 10.9 Å². The van der Waals surface area contributed by atoms with Crippen molar-refractivity contribution in [2.45, 2.75) is 6.10 Å². The van der Waals surface area contributed by atoms with Gasteiger partial charge in [0.1, 0.15) is 17.5 Å². The zero-order chi connectivity index (χ0) is 18.1. The molecule has 3 heterocycles. The van der Waals surface area contributed by atoms with Crippen LogP contribution in [0.2, 0.25) is 0 Å². The first kappa shape index (κ1) is 16.6. The standard InChI is InChI=1S/C18H18N4O3S/c1-21-16(9-15(20-21)12-4-3-5-13(8-12)24-2)17(23)22-10-14(11-22)25-18-19-6-7-26-18/h3-9,14H,10-11H2,1-2H3. The maximum Gasteiger partial charge on any atom is 0.273 e. The third-order valence-electron chi connectivity index (χ3n) is 4.28. The molecule has 8 heteroatoms. The molecule has 2 aromatic heterocycles. The van der Waals surface area contributed by atoms with E-state index in [0.717, 1.165) is 17.0 Å². The average Bonchev–Trinajstić information content (AvgIpc) is 3.27. The van der Waals surface area contributed by atoms with Crippen LogP contribution in [0.1, 0.15) is 10.5 Å². The molecule has 0 aliphatic carbocycles. The maximum absolute atomic E-state index is 12.7. The van der Waals surface area contributed by atoms with Gasteiger partial charge in [0.2, 0.25) is 0 Å². The predicted molar refractivity (Wildman–Crippen MR) is 97.6 cm³/mol. The van der Waals surface area contributed by atoms with Gasteiger partial charge in [0.05, 0.1) is 25.9 Å². The van der Waals surface area contributed by atoms with Crippen molar-refractivity contribution in [2.24, 2.45) is 7.05 Å². The lowest BCUT2D eigenvalue weighted by Crippen LogP contribution is -2.56. The number of nitrogens with zero attached hydrogens (tertiary/aromatic N) is 4. The number of ether oxygens (including phenoxy) is 2. The summed E-state index contributed by atoms with van der Waals surface area (Å²) >= 11 is 1.45. The number of rotatable bonds is 5. The van der Waals surface area contributed by atoms with Crippen LogP contribution in [0, 0.1) is 0 Å². The Kier molecular flexibility index (Phi) is 4.34. The molecule has 3 aromatic rings. The summed E-state index contributed by atoms with van der Waals surface area (Å²) in [4.78, 5) is 18.6. The van der Waals surface area contributed by atoms with E-state index < -0.39 is 0 Å². The molecule has 1 aliphatic rings. The van der Waals surface area contributed by atoms with Crippen molar-refractivity contribution in [3.63, 3.8) is 0 Å². The molecule has 0 saturated carbocycles. The van der Waals surface area contributed by atoms with Gasteiger partial charge in [-0.25, -0.2) is 4.98 Å². The number of thiazole rings is 1. The van der Waals surface area contributed by atoms with E-state index in [-0.39, 0.29) is 12.0 Å². The van der Waals surface area contributed by atoms with Crippen molar-refractivity contribution in [1.29, 1.82) is 0 Å². The molecular weight excluding hydrogens is 352 g/mol. The fraction of sp³-hybridized carbons (Fsp3) is 0.278. The Bertz CT molecular complexity index is 916. The van der Waals surface area contributed by atoms with E-state index in [1.165, 1.54) is 11.3 Å². The number of amides is 1. The van der Waals surface area contributed by atoms with E-state index in [1.807, 2.05) is 35.7 Å². The molecule has 0 radical (unpaired) electrons. The number of aromatic nitrogens is 3. The number of hydrogen-bond acceptors (Lipinski definition) is 6. The molecule has 26 heavy (non-hydrogen) atoms. The molecule has 134 valence electrons. The molecule has 0 N–H and O–H groups in total. The van der Waals surface area contributed by atoms with Gasteiger partial charge in [-0.2, -0.15) is 5.10 Å². The molecule has 0 atom stereocenters. The first-order valence-corrected chi connectivity index (χ1v) is 9.06. The monoisotopic (exact) mass is 370 g/mol. The van der Waals surface area contributed by atoms with Crippen LogP contribution in [0.4, 0.5) is 0 Å². The van der Waals surface area contributed by atoms with Crippen LogP contribution in [-0.4, -0.2) is 51.9 Å². The van der Waals surface area contributed by atoms with Crippen molar-refractivity contribution in [1.82, 2.24) is 19.7 Å². The minimum atomic E-state index is -0.0480. The molecule has 1 aliphatic heterocycles. The first-order chi connectivity index (χ1) is 12.6. The Morgan fingerprint density at radius 3 is 2.88 bits per heavy atom. The molecule has 1 amide bonds. The van der Waals surface area contributed by atoms with E-state index in [9.17, 15) is 4.79 Å². The van der Waals surface area contributed by atoms with Crippen LogP contribution < -0.4 is 9.47 Å². The van der Waals surface area contributed by atoms with Gasteiger partial charge in [-0.15, -0.1) is 0 Å². The molecule has 0 bridgehead atoms. The largest absolute Gasteiger partial charge is 0.497 e. The number of methoxy groups -OCH3 is 1. The topological polar surface area (TPSA) is 69.5 Å².